The molecule has 0 aliphatic carbocycles. The maximum absolute atomic E-state index is 4.90. The molecule has 0 aliphatic heterocycles. The van der Waals surface area contributed by atoms with Gasteiger partial charge in [-0.15, -0.1) is 11.3 Å². The van der Waals surface area contributed by atoms with E-state index < -0.39 is 0 Å². The molecule has 136 valence electrons. The monoisotopic (exact) mass is 367 g/mol. The van der Waals surface area contributed by atoms with E-state index in [0.29, 0.717) is 5.96 Å². The highest BCUT2D eigenvalue weighted by atomic mass is 32.1. The highest BCUT2D eigenvalue weighted by Gasteiger charge is 2.20. The summed E-state index contributed by atoms with van der Waals surface area (Å²) in [6, 6.07) is 10.3. The van der Waals surface area contributed by atoms with Crippen molar-refractivity contribution in [2.24, 2.45) is 10.4 Å². The van der Waals surface area contributed by atoms with Crippen LogP contribution < -0.4 is 10.6 Å². The van der Waals surface area contributed by atoms with Crippen molar-refractivity contribution < 1.29 is 0 Å². The van der Waals surface area contributed by atoms with Gasteiger partial charge in [-0.2, -0.15) is 0 Å². The third-order valence-corrected chi connectivity index (χ3v) is 5.02. The molecule has 0 fully saturated rings. The van der Waals surface area contributed by atoms with E-state index in [-0.39, 0.29) is 11.5 Å². The lowest BCUT2D eigenvalue weighted by Gasteiger charge is -2.25. The molecule has 2 aromatic heterocycles. The fourth-order valence-electron chi connectivity index (χ4n) is 2.41. The van der Waals surface area contributed by atoms with Crippen molar-refractivity contribution in [1.29, 1.82) is 0 Å². The Bertz CT molecular complexity index is 910. The number of hydrogen-bond donors (Lipinski definition) is 2. The van der Waals surface area contributed by atoms with Crippen molar-refractivity contribution in [2.45, 2.75) is 40.7 Å². The van der Waals surface area contributed by atoms with Crippen molar-refractivity contribution in [1.82, 2.24) is 9.97 Å². The topological polar surface area (TPSA) is 62.2 Å². The Morgan fingerprint density at radius 1 is 1.19 bits per heavy atom. The second-order valence-electron chi connectivity index (χ2n) is 7.44. The van der Waals surface area contributed by atoms with Crippen molar-refractivity contribution in [2.75, 3.05) is 10.6 Å². The van der Waals surface area contributed by atoms with Crippen LogP contribution in [0.3, 0.4) is 0 Å². The molecule has 5 nitrogen and oxygen atoms in total. The highest BCUT2D eigenvalue weighted by molar-refractivity contribution is 7.13. The number of para-hydroxylation sites is 1. The number of benzene rings is 1. The maximum Gasteiger partial charge on any atom is 0.202 e. The molecule has 2 heterocycles. The van der Waals surface area contributed by atoms with E-state index in [1.807, 2.05) is 36.6 Å². The number of aromatic nitrogens is 2. The first-order chi connectivity index (χ1) is 12.3. The fraction of sp³-hybridized carbons (Fsp3) is 0.350. The summed E-state index contributed by atoms with van der Waals surface area (Å²) in [7, 11) is 0. The number of rotatable bonds is 3. The number of aliphatic imine (C=N–C) groups is 1. The molecule has 3 aromatic rings. The number of anilines is 2. The molecule has 0 saturated carbocycles. The van der Waals surface area contributed by atoms with E-state index in [0.717, 1.165) is 27.4 Å². The molecule has 0 amide bonds. The van der Waals surface area contributed by atoms with E-state index >= 15 is 0 Å². The Morgan fingerprint density at radius 3 is 2.65 bits per heavy atom. The van der Waals surface area contributed by atoms with Gasteiger partial charge in [-0.3, -0.25) is 4.98 Å². The molecular weight excluding hydrogens is 342 g/mol. The molecule has 1 atom stereocenters. The van der Waals surface area contributed by atoms with Crippen LogP contribution >= 0.6 is 11.3 Å². The summed E-state index contributed by atoms with van der Waals surface area (Å²) in [6.45, 7) is 10.7. The zero-order valence-corrected chi connectivity index (χ0v) is 16.7. The standard InChI is InChI=1S/C20H25N5S/c1-13-12-17(15-8-6-7-9-16(15)22-13)24-18(23-14(2)20(3,4)5)25-19-21-10-11-26-19/h6-12,14H,1-5H3,(H2,21,22,23,24,25)/t14-/m1/s1. The van der Waals surface area contributed by atoms with Gasteiger partial charge < -0.3 is 10.6 Å². The number of guanidine groups is 1. The minimum atomic E-state index is 0.0632. The van der Waals surface area contributed by atoms with Gasteiger partial charge in [0.05, 0.1) is 17.2 Å². The van der Waals surface area contributed by atoms with Gasteiger partial charge >= 0.3 is 0 Å². The van der Waals surface area contributed by atoms with E-state index in [2.05, 4.69) is 54.4 Å². The Morgan fingerprint density at radius 2 is 1.96 bits per heavy atom. The number of thiazole rings is 1. The van der Waals surface area contributed by atoms with Gasteiger partial charge in [-0.25, -0.2) is 9.98 Å². The Kier molecular flexibility index (Phi) is 5.23. The number of nitrogens with zero attached hydrogens (tertiary/aromatic N) is 3. The summed E-state index contributed by atoms with van der Waals surface area (Å²) in [6.07, 6.45) is 1.78. The summed E-state index contributed by atoms with van der Waals surface area (Å²) < 4.78 is 0. The van der Waals surface area contributed by atoms with Crippen molar-refractivity contribution in [3.63, 3.8) is 0 Å². The van der Waals surface area contributed by atoms with Crippen LogP contribution in [0.5, 0.6) is 0 Å². The molecule has 0 unspecified atom stereocenters. The number of aryl methyl sites for hydroxylation is 1. The molecule has 0 bridgehead atoms. The van der Waals surface area contributed by atoms with Crippen molar-refractivity contribution in [3.05, 3.63) is 47.6 Å². The van der Waals surface area contributed by atoms with E-state index in [1.54, 1.807) is 17.5 Å². The second-order valence-corrected chi connectivity index (χ2v) is 8.33. The lowest BCUT2D eigenvalue weighted by molar-refractivity contribution is 0.342. The number of pyridine rings is 1. The molecule has 0 aliphatic rings. The third-order valence-electron chi connectivity index (χ3n) is 4.33. The minimum absolute atomic E-state index is 0.0632. The van der Waals surface area contributed by atoms with Crippen LogP contribution in [0.25, 0.3) is 10.9 Å². The van der Waals surface area contributed by atoms with Crippen LogP contribution in [0.4, 0.5) is 10.8 Å². The number of fused-ring (bicyclic) bond motifs is 1. The molecule has 3 rings (SSSR count). The van der Waals surface area contributed by atoms with Crippen LogP contribution in [0.15, 0.2) is 46.9 Å². The summed E-state index contributed by atoms with van der Waals surface area (Å²) in [5.74, 6) is 0.693. The van der Waals surface area contributed by atoms with Crippen molar-refractivity contribution >= 4 is 39.0 Å². The Labute approximate surface area is 158 Å². The first-order valence-electron chi connectivity index (χ1n) is 8.70. The average Bonchev–Trinajstić information content (AvgIpc) is 3.06. The first-order valence-corrected chi connectivity index (χ1v) is 9.58. The SMILES string of the molecule is Cc1cc(NC(=N[C@H](C)C(C)(C)C)Nc2nccs2)c2ccccc2n1. The average molecular weight is 368 g/mol. The maximum atomic E-state index is 4.90. The molecular formula is C20H25N5S. The largest absolute Gasteiger partial charge is 0.325 e. The van der Waals surface area contributed by atoms with Crippen LogP contribution in [-0.2, 0) is 0 Å². The van der Waals surface area contributed by atoms with Gasteiger partial charge in [0.2, 0.25) is 5.96 Å². The Balaban J connectivity index is 1.99. The van der Waals surface area contributed by atoms with Crippen LogP contribution in [0, 0.1) is 12.3 Å². The lowest BCUT2D eigenvalue weighted by Crippen LogP contribution is -2.29. The molecule has 0 saturated heterocycles. The van der Waals surface area contributed by atoms with Crippen LogP contribution in [0.1, 0.15) is 33.4 Å². The van der Waals surface area contributed by atoms with Crippen LogP contribution in [-0.4, -0.2) is 22.0 Å². The van der Waals surface area contributed by atoms with Gasteiger partial charge in [0.15, 0.2) is 5.13 Å². The van der Waals surface area contributed by atoms with Gasteiger partial charge in [-0.05, 0) is 31.4 Å². The molecule has 0 radical (unpaired) electrons. The first kappa shape index (κ1) is 18.3. The zero-order valence-electron chi connectivity index (χ0n) is 15.9. The second kappa shape index (κ2) is 7.41. The molecule has 0 spiro atoms. The number of nitrogens with one attached hydrogen (secondary N) is 2. The molecule has 6 heteroatoms. The normalized spacial score (nSPS) is 13.7. The lowest BCUT2D eigenvalue weighted by atomic mass is 9.88. The molecule has 2 N–H and O–H groups in total. The fourth-order valence-corrected chi connectivity index (χ4v) is 2.94. The van der Waals surface area contributed by atoms with Gasteiger partial charge in [-0.1, -0.05) is 39.0 Å². The summed E-state index contributed by atoms with van der Waals surface area (Å²) >= 11 is 1.55. The predicted octanol–water partition coefficient (Wildman–Crippen LogP) is 5.31. The summed E-state index contributed by atoms with van der Waals surface area (Å²) in [5, 5.41) is 10.6. The van der Waals surface area contributed by atoms with Crippen LogP contribution in [0.2, 0.25) is 0 Å². The van der Waals surface area contributed by atoms with Gasteiger partial charge in [0.1, 0.15) is 0 Å². The quantitative estimate of drug-likeness (QED) is 0.486. The highest BCUT2D eigenvalue weighted by Crippen LogP contribution is 2.25. The van der Waals surface area contributed by atoms with E-state index in [4.69, 9.17) is 4.99 Å². The number of hydrogen-bond acceptors (Lipinski definition) is 4. The Hall–Kier alpha value is -2.47. The van der Waals surface area contributed by atoms with Crippen molar-refractivity contribution in [3.8, 4) is 0 Å². The predicted molar refractivity (Wildman–Crippen MR) is 112 cm³/mol. The smallest absolute Gasteiger partial charge is 0.202 e. The summed E-state index contributed by atoms with van der Waals surface area (Å²) in [5.41, 5.74) is 2.97. The van der Waals surface area contributed by atoms with Gasteiger partial charge in [0, 0.05) is 22.7 Å². The minimum Gasteiger partial charge on any atom is -0.325 e. The van der Waals surface area contributed by atoms with E-state index in [1.165, 1.54) is 0 Å². The van der Waals surface area contributed by atoms with Gasteiger partial charge in [0.25, 0.3) is 0 Å². The third kappa shape index (κ3) is 4.38. The molecule has 1 aromatic carbocycles. The van der Waals surface area contributed by atoms with E-state index in [9.17, 15) is 0 Å². The molecule has 26 heavy (non-hydrogen) atoms. The zero-order chi connectivity index (χ0) is 18.7. The summed E-state index contributed by atoms with van der Waals surface area (Å²) in [4.78, 5) is 13.8.